The highest BCUT2D eigenvalue weighted by atomic mass is 32.1. The van der Waals surface area contributed by atoms with Crippen molar-refractivity contribution in [1.82, 2.24) is 5.32 Å². The lowest BCUT2D eigenvalue weighted by Crippen LogP contribution is -2.33. The summed E-state index contributed by atoms with van der Waals surface area (Å²) in [4.78, 5) is 11.9. The van der Waals surface area contributed by atoms with Crippen LogP contribution in [0.3, 0.4) is 0 Å². The third kappa shape index (κ3) is 4.99. The van der Waals surface area contributed by atoms with Gasteiger partial charge in [-0.3, -0.25) is 10.1 Å². The van der Waals surface area contributed by atoms with Gasteiger partial charge in [0.1, 0.15) is 5.82 Å². The minimum atomic E-state index is -0.344. The monoisotopic (exact) mass is 342 g/mol. The maximum Gasteiger partial charge on any atom is 0.250 e. The molecule has 0 aliphatic carbocycles. The topological polar surface area (TPSA) is 41.1 Å². The number of thiocarbonyl (C=S) groups is 1. The number of benzene rings is 2. The molecule has 0 fully saturated rings. The van der Waals surface area contributed by atoms with Crippen LogP contribution in [-0.4, -0.2) is 11.0 Å². The van der Waals surface area contributed by atoms with Crippen molar-refractivity contribution in [2.75, 3.05) is 5.32 Å². The number of nitrogens with one attached hydrogen (secondary N) is 2. The largest absolute Gasteiger partial charge is 0.332 e. The molecule has 2 rings (SSSR count). The van der Waals surface area contributed by atoms with E-state index >= 15 is 0 Å². The summed E-state index contributed by atoms with van der Waals surface area (Å²) in [6.07, 6.45) is 3.83. The standard InChI is InChI=1S/C19H19FN2OS/c1-3-15-6-4-5-13(2)18(15)22-19(24)21-17(23)12-9-14-7-10-16(20)11-8-14/h4-12H,3H2,1-2H3,(H2,21,22,23,24). The van der Waals surface area contributed by atoms with Crippen molar-refractivity contribution in [3.05, 3.63) is 71.0 Å². The Balaban J connectivity index is 1.97. The molecule has 0 aromatic heterocycles. The Morgan fingerprint density at radius 1 is 1.21 bits per heavy atom. The fraction of sp³-hybridized carbons (Fsp3) is 0.158. The zero-order chi connectivity index (χ0) is 17.5. The van der Waals surface area contributed by atoms with Crippen molar-refractivity contribution in [1.29, 1.82) is 0 Å². The van der Waals surface area contributed by atoms with Gasteiger partial charge in [0.15, 0.2) is 5.11 Å². The van der Waals surface area contributed by atoms with Crippen LogP contribution in [0.25, 0.3) is 6.08 Å². The molecule has 2 aromatic rings. The van der Waals surface area contributed by atoms with Gasteiger partial charge in [-0.2, -0.15) is 0 Å². The summed E-state index contributed by atoms with van der Waals surface area (Å²) in [5, 5.41) is 5.93. The zero-order valence-corrected chi connectivity index (χ0v) is 14.4. The molecular weight excluding hydrogens is 323 g/mol. The molecule has 0 aliphatic rings. The van der Waals surface area contributed by atoms with E-state index in [1.165, 1.54) is 18.2 Å². The highest BCUT2D eigenvalue weighted by Crippen LogP contribution is 2.20. The first kappa shape index (κ1) is 17.8. The minimum Gasteiger partial charge on any atom is -0.332 e. The number of rotatable bonds is 4. The molecule has 0 saturated heterocycles. The number of carbonyl (C=O) groups excluding carboxylic acids is 1. The van der Waals surface area contributed by atoms with Crippen molar-refractivity contribution in [3.8, 4) is 0 Å². The highest BCUT2D eigenvalue weighted by Gasteiger charge is 2.07. The van der Waals surface area contributed by atoms with E-state index in [4.69, 9.17) is 12.2 Å². The third-order valence-corrected chi connectivity index (χ3v) is 3.72. The van der Waals surface area contributed by atoms with Crippen LogP contribution in [0.15, 0.2) is 48.5 Å². The van der Waals surface area contributed by atoms with Gasteiger partial charge in [0.25, 0.3) is 0 Å². The SMILES string of the molecule is CCc1cccc(C)c1NC(=S)NC(=O)C=Cc1ccc(F)cc1. The van der Waals surface area contributed by atoms with Crippen molar-refractivity contribution in [2.24, 2.45) is 0 Å². The quantitative estimate of drug-likeness (QED) is 0.645. The van der Waals surface area contributed by atoms with Gasteiger partial charge in [0.05, 0.1) is 0 Å². The molecule has 124 valence electrons. The second-order valence-corrected chi connectivity index (χ2v) is 5.70. The average molecular weight is 342 g/mol. The summed E-state index contributed by atoms with van der Waals surface area (Å²) >= 11 is 5.20. The molecule has 0 aliphatic heterocycles. The number of hydrogen-bond donors (Lipinski definition) is 2. The number of hydrogen-bond acceptors (Lipinski definition) is 2. The molecule has 5 heteroatoms. The van der Waals surface area contributed by atoms with Crippen LogP contribution in [0.2, 0.25) is 0 Å². The van der Waals surface area contributed by atoms with Gasteiger partial charge >= 0.3 is 0 Å². The number of anilines is 1. The smallest absolute Gasteiger partial charge is 0.250 e. The molecule has 1 amide bonds. The molecule has 24 heavy (non-hydrogen) atoms. The molecule has 2 aromatic carbocycles. The van der Waals surface area contributed by atoms with E-state index in [-0.39, 0.29) is 16.8 Å². The Morgan fingerprint density at radius 3 is 2.58 bits per heavy atom. The Bertz CT molecular complexity index is 769. The first-order valence-corrected chi connectivity index (χ1v) is 8.04. The van der Waals surface area contributed by atoms with Gasteiger partial charge in [0, 0.05) is 11.8 Å². The fourth-order valence-corrected chi connectivity index (χ4v) is 2.45. The van der Waals surface area contributed by atoms with Gasteiger partial charge in [-0.15, -0.1) is 0 Å². The van der Waals surface area contributed by atoms with E-state index in [1.54, 1.807) is 18.2 Å². The molecule has 0 unspecified atom stereocenters. The molecule has 0 heterocycles. The predicted octanol–water partition coefficient (Wildman–Crippen LogP) is 4.22. The van der Waals surface area contributed by atoms with Crippen LogP contribution in [-0.2, 0) is 11.2 Å². The van der Waals surface area contributed by atoms with Gasteiger partial charge in [0.2, 0.25) is 5.91 Å². The average Bonchev–Trinajstić information content (AvgIpc) is 2.56. The van der Waals surface area contributed by atoms with E-state index in [2.05, 4.69) is 17.6 Å². The summed E-state index contributed by atoms with van der Waals surface area (Å²) in [6.45, 7) is 4.05. The number of amides is 1. The Morgan fingerprint density at radius 2 is 1.92 bits per heavy atom. The molecule has 3 nitrogen and oxygen atoms in total. The van der Waals surface area contributed by atoms with Crippen LogP contribution >= 0.6 is 12.2 Å². The fourth-order valence-electron chi connectivity index (χ4n) is 2.25. The Labute approximate surface area is 146 Å². The van der Waals surface area contributed by atoms with Gasteiger partial charge in [-0.25, -0.2) is 4.39 Å². The summed E-state index contributed by atoms with van der Waals surface area (Å²) in [5.41, 5.74) is 3.85. The van der Waals surface area contributed by atoms with Crippen LogP contribution in [0, 0.1) is 12.7 Å². The maximum atomic E-state index is 12.8. The molecular formula is C19H19FN2OS. The summed E-state index contributed by atoms with van der Waals surface area (Å²) in [5.74, 6) is -0.657. The summed E-state index contributed by atoms with van der Waals surface area (Å²) in [7, 11) is 0. The van der Waals surface area contributed by atoms with Crippen molar-refractivity contribution < 1.29 is 9.18 Å². The van der Waals surface area contributed by atoms with Crippen LogP contribution in [0.5, 0.6) is 0 Å². The number of para-hydroxylation sites is 1. The second-order valence-electron chi connectivity index (χ2n) is 5.29. The third-order valence-electron chi connectivity index (χ3n) is 3.51. The number of aryl methyl sites for hydroxylation is 2. The lowest BCUT2D eigenvalue weighted by molar-refractivity contribution is -0.115. The van der Waals surface area contributed by atoms with Gasteiger partial charge in [-0.1, -0.05) is 37.3 Å². The molecule has 0 radical (unpaired) electrons. The Kier molecular flexibility index (Phi) is 6.21. The molecule has 2 N–H and O–H groups in total. The van der Waals surface area contributed by atoms with E-state index < -0.39 is 0 Å². The first-order chi connectivity index (χ1) is 11.5. The second kappa shape index (κ2) is 8.36. The molecule has 0 bridgehead atoms. The van der Waals surface area contributed by atoms with E-state index in [9.17, 15) is 9.18 Å². The normalized spacial score (nSPS) is 10.6. The zero-order valence-electron chi connectivity index (χ0n) is 13.6. The van der Waals surface area contributed by atoms with Crippen LogP contribution < -0.4 is 10.6 Å². The molecule has 0 spiro atoms. The predicted molar refractivity (Wildman–Crippen MR) is 100 cm³/mol. The van der Waals surface area contributed by atoms with Crippen molar-refractivity contribution >= 4 is 35.0 Å². The summed E-state index contributed by atoms with van der Waals surface area (Å²) < 4.78 is 12.8. The van der Waals surface area contributed by atoms with E-state index in [0.717, 1.165) is 28.8 Å². The van der Waals surface area contributed by atoms with Gasteiger partial charge in [-0.05, 0) is 60.5 Å². The lowest BCUT2D eigenvalue weighted by Gasteiger charge is -2.14. The highest BCUT2D eigenvalue weighted by molar-refractivity contribution is 7.80. The van der Waals surface area contributed by atoms with E-state index in [0.29, 0.717) is 0 Å². The minimum absolute atomic E-state index is 0.243. The van der Waals surface area contributed by atoms with Crippen LogP contribution in [0.1, 0.15) is 23.6 Å². The van der Waals surface area contributed by atoms with Crippen molar-refractivity contribution in [3.63, 3.8) is 0 Å². The van der Waals surface area contributed by atoms with Crippen LogP contribution in [0.4, 0.5) is 10.1 Å². The Hall–Kier alpha value is -2.53. The number of halogens is 1. The lowest BCUT2D eigenvalue weighted by atomic mass is 10.1. The molecule has 0 atom stereocenters. The molecule has 0 saturated carbocycles. The van der Waals surface area contributed by atoms with Gasteiger partial charge < -0.3 is 5.32 Å². The first-order valence-electron chi connectivity index (χ1n) is 7.63. The summed E-state index contributed by atoms with van der Waals surface area (Å²) in [6, 6.07) is 11.9. The number of carbonyl (C=O) groups is 1. The van der Waals surface area contributed by atoms with Crippen molar-refractivity contribution in [2.45, 2.75) is 20.3 Å². The maximum absolute atomic E-state index is 12.8. The van der Waals surface area contributed by atoms with E-state index in [1.807, 2.05) is 25.1 Å².